The fraction of sp³-hybridized carbons (Fsp3) is 0.625. The minimum Gasteiger partial charge on any atom is -0.496 e. The average molecular weight is 247 g/mol. The van der Waals surface area contributed by atoms with Crippen LogP contribution in [0.5, 0.6) is 5.75 Å². The van der Waals surface area contributed by atoms with Crippen LogP contribution in [-0.2, 0) is 12.8 Å². The van der Waals surface area contributed by atoms with Crippen LogP contribution >= 0.6 is 0 Å². The standard InChI is InChI=1S/C16H25NO/c1-3-14-11-13(6-9-16(14)18-2)10-12-4-7-15(17)8-5-12/h6,9,11-12,15H,3-5,7-8,10,17H2,1-2H3. The molecule has 100 valence electrons. The van der Waals surface area contributed by atoms with E-state index in [1.165, 1.54) is 43.2 Å². The van der Waals surface area contributed by atoms with Crippen LogP contribution in [0.25, 0.3) is 0 Å². The van der Waals surface area contributed by atoms with Crippen molar-refractivity contribution in [1.82, 2.24) is 0 Å². The van der Waals surface area contributed by atoms with Gasteiger partial charge in [-0.15, -0.1) is 0 Å². The van der Waals surface area contributed by atoms with Crippen molar-refractivity contribution in [3.8, 4) is 5.75 Å². The number of hydrogen-bond donors (Lipinski definition) is 1. The first-order chi connectivity index (χ1) is 8.72. The minimum atomic E-state index is 0.448. The molecule has 0 aliphatic heterocycles. The van der Waals surface area contributed by atoms with Gasteiger partial charge in [-0.1, -0.05) is 19.1 Å². The summed E-state index contributed by atoms with van der Waals surface area (Å²) in [4.78, 5) is 0. The Morgan fingerprint density at radius 1 is 1.22 bits per heavy atom. The molecule has 2 nitrogen and oxygen atoms in total. The fourth-order valence-electron chi connectivity index (χ4n) is 2.96. The van der Waals surface area contributed by atoms with E-state index in [2.05, 4.69) is 25.1 Å². The molecule has 0 radical (unpaired) electrons. The average Bonchev–Trinajstić information content (AvgIpc) is 2.41. The van der Waals surface area contributed by atoms with Gasteiger partial charge in [-0.3, -0.25) is 0 Å². The van der Waals surface area contributed by atoms with Gasteiger partial charge in [0.15, 0.2) is 0 Å². The molecule has 18 heavy (non-hydrogen) atoms. The molecular weight excluding hydrogens is 222 g/mol. The van der Waals surface area contributed by atoms with Crippen LogP contribution in [0.3, 0.4) is 0 Å². The molecule has 1 aliphatic carbocycles. The van der Waals surface area contributed by atoms with Gasteiger partial charge in [-0.25, -0.2) is 0 Å². The number of benzene rings is 1. The topological polar surface area (TPSA) is 35.2 Å². The lowest BCUT2D eigenvalue weighted by Crippen LogP contribution is -2.27. The maximum absolute atomic E-state index is 5.96. The first-order valence-corrected chi connectivity index (χ1v) is 7.14. The van der Waals surface area contributed by atoms with Crippen LogP contribution in [0, 0.1) is 5.92 Å². The van der Waals surface area contributed by atoms with Gasteiger partial charge >= 0.3 is 0 Å². The normalized spacial score (nSPS) is 23.9. The van der Waals surface area contributed by atoms with E-state index in [0.29, 0.717) is 6.04 Å². The molecular formula is C16H25NO. The zero-order valence-electron chi connectivity index (χ0n) is 11.6. The second-order valence-electron chi connectivity index (χ2n) is 5.48. The Morgan fingerprint density at radius 3 is 2.56 bits per heavy atom. The van der Waals surface area contributed by atoms with E-state index < -0.39 is 0 Å². The molecule has 0 heterocycles. The fourth-order valence-corrected chi connectivity index (χ4v) is 2.96. The Labute approximate surface area is 111 Å². The van der Waals surface area contributed by atoms with Crippen LogP contribution in [0.2, 0.25) is 0 Å². The molecule has 0 amide bonds. The summed E-state index contributed by atoms with van der Waals surface area (Å²) < 4.78 is 5.38. The zero-order valence-corrected chi connectivity index (χ0v) is 11.6. The van der Waals surface area contributed by atoms with Gasteiger partial charge < -0.3 is 10.5 Å². The van der Waals surface area contributed by atoms with Crippen molar-refractivity contribution >= 4 is 0 Å². The highest BCUT2D eigenvalue weighted by atomic mass is 16.5. The maximum Gasteiger partial charge on any atom is 0.122 e. The van der Waals surface area contributed by atoms with Crippen molar-refractivity contribution in [1.29, 1.82) is 0 Å². The second kappa shape index (κ2) is 6.24. The van der Waals surface area contributed by atoms with E-state index in [1.807, 2.05) is 0 Å². The van der Waals surface area contributed by atoms with Crippen molar-refractivity contribution < 1.29 is 4.74 Å². The molecule has 0 spiro atoms. The molecule has 1 saturated carbocycles. The number of hydrogen-bond acceptors (Lipinski definition) is 2. The minimum absolute atomic E-state index is 0.448. The third kappa shape index (κ3) is 3.26. The van der Waals surface area contributed by atoms with Crippen LogP contribution in [0.15, 0.2) is 18.2 Å². The van der Waals surface area contributed by atoms with E-state index in [-0.39, 0.29) is 0 Å². The molecule has 1 fully saturated rings. The Kier molecular flexibility index (Phi) is 4.65. The van der Waals surface area contributed by atoms with Crippen molar-refractivity contribution in [3.63, 3.8) is 0 Å². The summed E-state index contributed by atoms with van der Waals surface area (Å²) >= 11 is 0. The predicted octanol–water partition coefficient (Wildman–Crippen LogP) is 3.32. The highest BCUT2D eigenvalue weighted by Crippen LogP contribution is 2.28. The molecule has 0 bridgehead atoms. The van der Waals surface area contributed by atoms with Gasteiger partial charge in [0.25, 0.3) is 0 Å². The van der Waals surface area contributed by atoms with Gasteiger partial charge in [0.05, 0.1) is 7.11 Å². The Hall–Kier alpha value is -1.02. The lowest BCUT2D eigenvalue weighted by molar-refractivity contribution is 0.324. The Balaban J connectivity index is 2.01. The molecule has 0 atom stereocenters. The molecule has 2 heteroatoms. The zero-order chi connectivity index (χ0) is 13.0. The monoisotopic (exact) mass is 247 g/mol. The van der Waals surface area contributed by atoms with Gasteiger partial charge in [-0.05, 0) is 61.6 Å². The number of rotatable bonds is 4. The lowest BCUT2D eigenvalue weighted by atomic mass is 9.82. The SMILES string of the molecule is CCc1cc(CC2CCC(N)CC2)ccc1OC. The van der Waals surface area contributed by atoms with Crippen molar-refractivity contribution in [3.05, 3.63) is 29.3 Å². The molecule has 2 rings (SSSR count). The maximum atomic E-state index is 5.96. The Bertz CT molecular complexity index is 381. The predicted molar refractivity (Wildman–Crippen MR) is 76.0 cm³/mol. The van der Waals surface area contributed by atoms with Crippen LogP contribution in [0.1, 0.15) is 43.7 Å². The van der Waals surface area contributed by atoms with Gasteiger partial charge in [0.1, 0.15) is 5.75 Å². The highest BCUT2D eigenvalue weighted by molar-refractivity contribution is 5.37. The quantitative estimate of drug-likeness (QED) is 0.886. The molecule has 1 aromatic rings. The Morgan fingerprint density at radius 2 is 1.94 bits per heavy atom. The molecule has 1 aliphatic rings. The van der Waals surface area contributed by atoms with Gasteiger partial charge in [0.2, 0.25) is 0 Å². The van der Waals surface area contributed by atoms with E-state index in [0.717, 1.165) is 18.1 Å². The number of ether oxygens (including phenoxy) is 1. The largest absolute Gasteiger partial charge is 0.496 e. The summed E-state index contributed by atoms with van der Waals surface area (Å²) in [5, 5.41) is 0. The first-order valence-electron chi connectivity index (χ1n) is 7.14. The summed E-state index contributed by atoms with van der Waals surface area (Å²) in [5.74, 6) is 1.84. The van der Waals surface area contributed by atoms with Crippen LogP contribution in [-0.4, -0.2) is 13.2 Å². The third-order valence-corrected chi connectivity index (χ3v) is 4.14. The van der Waals surface area contributed by atoms with Crippen LogP contribution in [0.4, 0.5) is 0 Å². The molecule has 1 aromatic carbocycles. The summed E-state index contributed by atoms with van der Waals surface area (Å²) in [6, 6.07) is 7.09. The molecule has 0 unspecified atom stereocenters. The molecule has 0 aromatic heterocycles. The smallest absolute Gasteiger partial charge is 0.122 e. The summed E-state index contributed by atoms with van der Waals surface area (Å²) in [6.07, 6.45) is 7.20. The molecule has 0 saturated heterocycles. The van der Waals surface area contributed by atoms with E-state index in [1.54, 1.807) is 7.11 Å². The van der Waals surface area contributed by atoms with E-state index in [4.69, 9.17) is 10.5 Å². The van der Waals surface area contributed by atoms with E-state index in [9.17, 15) is 0 Å². The van der Waals surface area contributed by atoms with E-state index >= 15 is 0 Å². The van der Waals surface area contributed by atoms with Gasteiger partial charge in [0, 0.05) is 6.04 Å². The number of aryl methyl sites for hydroxylation is 1. The van der Waals surface area contributed by atoms with Crippen molar-refractivity contribution in [2.75, 3.05) is 7.11 Å². The third-order valence-electron chi connectivity index (χ3n) is 4.14. The number of methoxy groups -OCH3 is 1. The number of nitrogens with two attached hydrogens (primary N) is 1. The van der Waals surface area contributed by atoms with Crippen molar-refractivity contribution in [2.45, 2.75) is 51.5 Å². The first kappa shape index (κ1) is 13.4. The summed E-state index contributed by atoms with van der Waals surface area (Å²) in [6.45, 7) is 2.18. The second-order valence-corrected chi connectivity index (χ2v) is 5.48. The summed E-state index contributed by atoms with van der Waals surface area (Å²) in [7, 11) is 1.75. The lowest BCUT2D eigenvalue weighted by Gasteiger charge is -2.26. The molecule has 2 N–H and O–H groups in total. The highest BCUT2D eigenvalue weighted by Gasteiger charge is 2.18. The van der Waals surface area contributed by atoms with Crippen molar-refractivity contribution in [2.24, 2.45) is 11.7 Å². The van der Waals surface area contributed by atoms with Crippen LogP contribution < -0.4 is 10.5 Å². The summed E-state index contributed by atoms with van der Waals surface area (Å²) in [5.41, 5.74) is 8.73. The van der Waals surface area contributed by atoms with Gasteiger partial charge in [-0.2, -0.15) is 0 Å².